The molecule has 0 aromatic heterocycles. The van der Waals surface area contributed by atoms with Crippen molar-refractivity contribution in [3.8, 4) is 33.8 Å². The van der Waals surface area contributed by atoms with Crippen LogP contribution in [0.4, 0.5) is 0 Å². The van der Waals surface area contributed by atoms with Crippen LogP contribution in [0, 0.1) is 0 Å². The molecule has 0 heterocycles. The van der Waals surface area contributed by atoms with Gasteiger partial charge in [0, 0.05) is 13.8 Å². The van der Waals surface area contributed by atoms with Crippen LogP contribution in [0.3, 0.4) is 0 Å². The van der Waals surface area contributed by atoms with Crippen molar-refractivity contribution >= 4 is 23.9 Å². The summed E-state index contributed by atoms with van der Waals surface area (Å²) >= 11 is 0. The molecule has 4 aromatic rings. The molecule has 4 aromatic carbocycles. The van der Waals surface area contributed by atoms with Crippen LogP contribution in [0.2, 0.25) is 0 Å². The summed E-state index contributed by atoms with van der Waals surface area (Å²) in [5.41, 5.74) is 4.37. The largest absolute Gasteiger partial charge is 0.478 e. The maximum absolute atomic E-state index is 11.6. The lowest BCUT2D eigenvalue weighted by Crippen LogP contribution is -2.03. The number of aromatic carboxylic acids is 2. The van der Waals surface area contributed by atoms with E-state index in [1.54, 1.807) is 72.8 Å². The van der Waals surface area contributed by atoms with E-state index in [4.69, 9.17) is 14.2 Å². The van der Waals surface area contributed by atoms with Crippen molar-refractivity contribution < 1.29 is 43.6 Å². The molecule has 0 fully saturated rings. The molecule has 0 spiro atoms. The van der Waals surface area contributed by atoms with Crippen LogP contribution in [0.5, 0.6) is 11.5 Å². The monoisotopic (exact) mass is 554 g/mol. The third-order valence-corrected chi connectivity index (χ3v) is 6.08. The number of esters is 2. The van der Waals surface area contributed by atoms with Gasteiger partial charge in [0.1, 0.15) is 11.5 Å². The molecule has 4 rings (SSSR count). The molecule has 0 atom stereocenters. The molecule has 2 N–H and O–H groups in total. The van der Waals surface area contributed by atoms with Gasteiger partial charge in [0.25, 0.3) is 0 Å². The van der Waals surface area contributed by atoms with E-state index in [-0.39, 0.29) is 24.3 Å². The highest BCUT2D eigenvalue weighted by molar-refractivity contribution is 5.90. The number of ether oxygens (including phenoxy) is 3. The summed E-state index contributed by atoms with van der Waals surface area (Å²) in [6, 6.07) is 22.9. The fourth-order valence-electron chi connectivity index (χ4n) is 4.22. The van der Waals surface area contributed by atoms with Crippen LogP contribution in [0.25, 0.3) is 22.3 Å². The quantitative estimate of drug-likeness (QED) is 0.179. The van der Waals surface area contributed by atoms with E-state index in [9.17, 15) is 29.4 Å². The third kappa shape index (κ3) is 7.43. The van der Waals surface area contributed by atoms with Crippen LogP contribution in [-0.2, 0) is 27.5 Å². The van der Waals surface area contributed by atoms with Gasteiger partial charge in [-0.3, -0.25) is 9.59 Å². The molecule has 0 aliphatic rings. The Balaban J connectivity index is 1.59. The minimum absolute atomic E-state index is 0.108. The zero-order valence-electron chi connectivity index (χ0n) is 22.2. The number of carbonyl (C=O) groups excluding carboxylic acids is 2. The zero-order valence-corrected chi connectivity index (χ0v) is 22.2. The maximum atomic E-state index is 11.6. The molecule has 0 bridgehead atoms. The van der Waals surface area contributed by atoms with Crippen LogP contribution in [0.15, 0.2) is 84.9 Å². The Labute approximate surface area is 235 Å². The molecular weight excluding hydrogens is 528 g/mol. The second kappa shape index (κ2) is 12.7. The molecule has 0 aliphatic heterocycles. The summed E-state index contributed by atoms with van der Waals surface area (Å²) < 4.78 is 16.2. The molecule has 0 radical (unpaired) electrons. The molecule has 0 unspecified atom stereocenters. The standard InChI is InChI=1S/C32H26O9/c1-19(33)40-27-11-7-21(8-12-27)29-15-23(31(35)36)3-5-25(29)17-39-18-26-6-4-24(32(37)38)16-30(26)22-9-13-28(14-10-22)41-20(2)34/h3-16H,17-18H2,1-2H3,(H,35,36)(H,37,38). The Kier molecular flexibility index (Phi) is 8.91. The lowest BCUT2D eigenvalue weighted by molar-refractivity contribution is -0.132. The Morgan fingerprint density at radius 2 is 0.927 bits per heavy atom. The predicted molar refractivity (Wildman–Crippen MR) is 149 cm³/mol. The normalized spacial score (nSPS) is 10.6. The van der Waals surface area contributed by atoms with Crippen molar-refractivity contribution in [2.24, 2.45) is 0 Å². The minimum atomic E-state index is -1.07. The van der Waals surface area contributed by atoms with Gasteiger partial charge in [0.05, 0.1) is 24.3 Å². The van der Waals surface area contributed by atoms with Crippen LogP contribution in [0.1, 0.15) is 45.7 Å². The molecule has 9 heteroatoms. The van der Waals surface area contributed by atoms with Crippen molar-refractivity contribution in [2.45, 2.75) is 27.1 Å². The van der Waals surface area contributed by atoms with Crippen molar-refractivity contribution in [1.82, 2.24) is 0 Å². The first-order valence-electron chi connectivity index (χ1n) is 12.5. The average molecular weight is 555 g/mol. The highest BCUT2D eigenvalue weighted by Crippen LogP contribution is 2.30. The van der Waals surface area contributed by atoms with Gasteiger partial charge in [-0.1, -0.05) is 36.4 Å². The van der Waals surface area contributed by atoms with Gasteiger partial charge in [0.2, 0.25) is 0 Å². The van der Waals surface area contributed by atoms with Gasteiger partial charge >= 0.3 is 23.9 Å². The van der Waals surface area contributed by atoms with E-state index in [1.807, 2.05) is 0 Å². The number of carboxylic acid groups (broad SMARTS) is 2. The molecule has 0 saturated carbocycles. The molecule has 9 nitrogen and oxygen atoms in total. The molecule has 41 heavy (non-hydrogen) atoms. The van der Waals surface area contributed by atoms with E-state index in [1.165, 1.54) is 26.0 Å². The number of carboxylic acids is 2. The van der Waals surface area contributed by atoms with Crippen LogP contribution < -0.4 is 9.47 Å². The number of hydrogen-bond acceptors (Lipinski definition) is 7. The minimum Gasteiger partial charge on any atom is -0.478 e. The molecule has 0 amide bonds. The smallest absolute Gasteiger partial charge is 0.335 e. The first-order valence-corrected chi connectivity index (χ1v) is 12.5. The van der Waals surface area contributed by atoms with Crippen LogP contribution in [-0.4, -0.2) is 34.1 Å². The van der Waals surface area contributed by atoms with E-state index in [2.05, 4.69) is 0 Å². The molecule has 0 aliphatic carbocycles. The van der Waals surface area contributed by atoms with Crippen molar-refractivity contribution in [2.75, 3.05) is 0 Å². The van der Waals surface area contributed by atoms with E-state index >= 15 is 0 Å². The van der Waals surface area contributed by atoms with E-state index < -0.39 is 23.9 Å². The van der Waals surface area contributed by atoms with Gasteiger partial charge in [0.15, 0.2) is 0 Å². The molecule has 208 valence electrons. The highest BCUT2D eigenvalue weighted by atomic mass is 16.5. The average Bonchev–Trinajstić information content (AvgIpc) is 2.93. The summed E-state index contributed by atoms with van der Waals surface area (Å²) in [7, 11) is 0. The second-order valence-corrected chi connectivity index (χ2v) is 9.08. The van der Waals surface area contributed by atoms with E-state index in [0.717, 1.165) is 11.1 Å². The number of hydrogen-bond donors (Lipinski definition) is 2. The summed E-state index contributed by atoms with van der Waals surface area (Å²) in [5, 5.41) is 19.0. The fraction of sp³-hybridized carbons (Fsp3) is 0.125. The van der Waals surface area contributed by atoms with Crippen molar-refractivity contribution in [1.29, 1.82) is 0 Å². The third-order valence-electron chi connectivity index (χ3n) is 6.08. The van der Waals surface area contributed by atoms with Crippen molar-refractivity contribution in [3.63, 3.8) is 0 Å². The summed E-state index contributed by atoms with van der Waals surface area (Å²) in [5.74, 6) is -2.30. The highest BCUT2D eigenvalue weighted by Gasteiger charge is 2.14. The van der Waals surface area contributed by atoms with Gasteiger partial charge in [-0.2, -0.15) is 0 Å². The summed E-state index contributed by atoms with van der Waals surface area (Å²) in [6.07, 6.45) is 0. The lowest BCUT2D eigenvalue weighted by Gasteiger charge is -2.15. The Bertz CT molecular complexity index is 1480. The summed E-state index contributed by atoms with van der Waals surface area (Å²) in [4.78, 5) is 45.8. The van der Waals surface area contributed by atoms with Gasteiger partial charge in [-0.25, -0.2) is 9.59 Å². The topological polar surface area (TPSA) is 136 Å². The number of rotatable bonds is 10. The van der Waals surface area contributed by atoms with Gasteiger partial charge in [-0.05, 0) is 81.9 Å². The van der Waals surface area contributed by atoms with Gasteiger partial charge in [-0.15, -0.1) is 0 Å². The molecule has 0 saturated heterocycles. The Morgan fingerprint density at radius 3 is 1.24 bits per heavy atom. The van der Waals surface area contributed by atoms with Crippen molar-refractivity contribution in [3.05, 3.63) is 107 Å². The first kappa shape index (κ1) is 28.7. The molecular formula is C32H26O9. The lowest BCUT2D eigenvalue weighted by atomic mass is 9.97. The van der Waals surface area contributed by atoms with Crippen LogP contribution >= 0.6 is 0 Å². The Hall–Kier alpha value is -5.28. The number of benzene rings is 4. The maximum Gasteiger partial charge on any atom is 0.335 e. The van der Waals surface area contributed by atoms with E-state index in [0.29, 0.717) is 33.8 Å². The fourth-order valence-corrected chi connectivity index (χ4v) is 4.22. The Morgan fingerprint density at radius 1 is 0.561 bits per heavy atom. The first-order chi connectivity index (χ1) is 19.6. The SMILES string of the molecule is CC(=O)Oc1ccc(-c2cc(C(=O)O)ccc2COCc2ccc(C(=O)O)cc2-c2ccc(OC(C)=O)cc2)cc1. The zero-order chi connectivity index (χ0) is 29.5. The predicted octanol–water partition coefficient (Wildman–Crippen LogP) is 5.98. The number of carbonyl (C=O) groups is 4. The summed E-state index contributed by atoms with van der Waals surface area (Å²) in [6.45, 7) is 2.87. The second-order valence-electron chi connectivity index (χ2n) is 9.08. The van der Waals surface area contributed by atoms with Gasteiger partial charge < -0.3 is 24.4 Å².